The maximum atomic E-state index is 14.3. The Kier molecular flexibility index (Phi) is 5.97. The van der Waals surface area contributed by atoms with Gasteiger partial charge in [0.25, 0.3) is 0 Å². The van der Waals surface area contributed by atoms with E-state index in [1.807, 2.05) is 26.0 Å². The maximum absolute atomic E-state index is 14.3. The Bertz CT molecular complexity index is 473. The SMILES string of the molecule is CN(C)CCOc1cc(F)c(N2CCCN(C)CC2)c(F)c1. The Labute approximate surface area is 131 Å². The van der Waals surface area contributed by atoms with Gasteiger partial charge in [-0.05, 0) is 34.1 Å². The molecule has 1 aliphatic heterocycles. The second kappa shape index (κ2) is 7.74. The lowest BCUT2D eigenvalue weighted by molar-refractivity contribution is 0.259. The van der Waals surface area contributed by atoms with Crippen LogP contribution < -0.4 is 9.64 Å². The third kappa shape index (κ3) is 4.55. The summed E-state index contributed by atoms with van der Waals surface area (Å²) in [5, 5.41) is 0. The highest BCUT2D eigenvalue weighted by molar-refractivity contribution is 5.52. The van der Waals surface area contributed by atoms with Crippen LogP contribution in [-0.4, -0.2) is 70.3 Å². The van der Waals surface area contributed by atoms with Crippen LogP contribution in [0, 0.1) is 11.6 Å². The van der Waals surface area contributed by atoms with Crippen molar-refractivity contribution in [1.82, 2.24) is 9.80 Å². The van der Waals surface area contributed by atoms with E-state index in [2.05, 4.69) is 4.90 Å². The quantitative estimate of drug-likeness (QED) is 0.828. The van der Waals surface area contributed by atoms with Crippen LogP contribution in [0.2, 0.25) is 0 Å². The van der Waals surface area contributed by atoms with Crippen molar-refractivity contribution in [3.8, 4) is 5.75 Å². The van der Waals surface area contributed by atoms with Gasteiger partial charge >= 0.3 is 0 Å². The average molecular weight is 313 g/mol. The number of hydrogen-bond acceptors (Lipinski definition) is 4. The predicted molar refractivity (Wildman–Crippen MR) is 84.7 cm³/mol. The van der Waals surface area contributed by atoms with Crippen LogP contribution >= 0.6 is 0 Å². The Balaban J connectivity index is 2.09. The van der Waals surface area contributed by atoms with E-state index in [0.717, 1.165) is 19.5 Å². The largest absolute Gasteiger partial charge is 0.492 e. The van der Waals surface area contributed by atoms with Gasteiger partial charge in [-0.1, -0.05) is 0 Å². The Morgan fingerprint density at radius 3 is 2.41 bits per heavy atom. The number of nitrogens with zero attached hydrogens (tertiary/aromatic N) is 3. The molecule has 0 amide bonds. The van der Waals surface area contributed by atoms with Crippen LogP contribution in [0.5, 0.6) is 5.75 Å². The van der Waals surface area contributed by atoms with Crippen molar-refractivity contribution in [2.45, 2.75) is 6.42 Å². The number of hydrogen-bond donors (Lipinski definition) is 0. The zero-order valence-electron chi connectivity index (χ0n) is 13.6. The minimum absolute atomic E-state index is 0.0651. The average Bonchev–Trinajstić information content (AvgIpc) is 2.63. The summed E-state index contributed by atoms with van der Waals surface area (Å²) in [4.78, 5) is 5.92. The molecule has 1 aromatic carbocycles. The summed E-state index contributed by atoms with van der Waals surface area (Å²) in [5.74, 6) is -0.860. The summed E-state index contributed by atoms with van der Waals surface area (Å²) in [6.45, 7) is 4.15. The molecule has 4 nitrogen and oxygen atoms in total. The molecule has 0 N–H and O–H groups in total. The fourth-order valence-electron chi connectivity index (χ4n) is 2.54. The van der Waals surface area contributed by atoms with E-state index in [-0.39, 0.29) is 11.4 Å². The van der Waals surface area contributed by atoms with Crippen molar-refractivity contribution in [3.63, 3.8) is 0 Å². The first-order valence-electron chi connectivity index (χ1n) is 7.67. The molecular weight excluding hydrogens is 288 g/mol. The van der Waals surface area contributed by atoms with Crippen LogP contribution in [0.3, 0.4) is 0 Å². The normalized spacial score (nSPS) is 16.9. The molecule has 2 rings (SSSR count). The van der Waals surface area contributed by atoms with Crippen molar-refractivity contribution in [2.24, 2.45) is 0 Å². The van der Waals surface area contributed by atoms with E-state index >= 15 is 0 Å². The molecule has 0 unspecified atom stereocenters. The molecule has 0 spiro atoms. The fourth-order valence-corrected chi connectivity index (χ4v) is 2.54. The van der Waals surface area contributed by atoms with Crippen LogP contribution in [0.4, 0.5) is 14.5 Å². The van der Waals surface area contributed by atoms with Gasteiger partial charge in [-0.2, -0.15) is 0 Å². The zero-order chi connectivity index (χ0) is 16.1. The molecule has 1 heterocycles. The summed E-state index contributed by atoms with van der Waals surface area (Å²) in [7, 11) is 5.87. The molecule has 22 heavy (non-hydrogen) atoms. The van der Waals surface area contributed by atoms with Crippen LogP contribution in [0.25, 0.3) is 0 Å². The maximum Gasteiger partial charge on any atom is 0.153 e. The molecule has 1 aliphatic rings. The standard InChI is InChI=1S/C16H25F2N3O/c1-19(2)9-10-22-13-11-14(17)16(15(18)12-13)21-6-4-5-20(3)7-8-21/h11-12H,4-10H2,1-3H3. The third-order valence-corrected chi connectivity index (χ3v) is 3.83. The van der Waals surface area contributed by atoms with Gasteiger partial charge in [-0.3, -0.25) is 0 Å². The molecule has 1 fully saturated rings. The van der Waals surface area contributed by atoms with Crippen molar-refractivity contribution in [3.05, 3.63) is 23.8 Å². The first kappa shape index (κ1) is 17.0. The molecule has 0 saturated carbocycles. The number of rotatable bonds is 5. The summed E-state index contributed by atoms with van der Waals surface area (Å²) in [5.41, 5.74) is 0.0651. The zero-order valence-corrected chi connectivity index (χ0v) is 13.6. The van der Waals surface area contributed by atoms with Gasteiger partial charge in [0.1, 0.15) is 18.0 Å². The van der Waals surface area contributed by atoms with Crippen LogP contribution in [0.1, 0.15) is 6.42 Å². The van der Waals surface area contributed by atoms with Gasteiger partial charge in [-0.15, -0.1) is 0 Å². The molecule has 0 aromatic heterocycles. The van der Waals surface area contributed by atoms with Gasteiger partial charge < -0.3 is 19.4 Å². The molecular formula is C16H25F2N3O. The van der Waals surface area contributed by atoms with Gasteiger partial charge in [0, 0.05) is 38.3 Å². The highest BCUT2D eigenvalue weighted by Crippen LogP contribution is 2.29. The van der Waals surface area contributed by atoms with E-state index in [4.69, 9.17) is 4.74 Å². The fraction of sp³-hybridized carbons (Fsp3) is 0.625. The molecule has 0 aliphatic carbocycles. The third-order valence-electron chi connectivity index (χ3n) is 3.83. The van der Waals surface area contributed by atoms with E-state index in [0.29, 0.717) is 26.2 Å². The number of anilines is 1. The molecule has 0 bridgehead atoms. The summed E-state index contributed by atoms with van der Waals surface area (Å²) < 4.78 is 34.1. The molecule has 1 aromatic rings. The van der Waals surface area contributed by atoms with E-state index in [1.54, 1.807) is 4.90 Å². The Hall–Kier alpha value is -1.40. The Morgan fingerprint density at radius 1 is 1.09 bits per heavy atom. The number of halogens is 2. The lowest BCUT2D eigenvalue weighted by Gasteiger charge is -2.24. The second-order valence-corrected chi connectivity index (χ2v) is 6.03. The van der Waals surface area contributed by atoms with Crippen LogP contribution in [0.15, 0.2) is 12.1 Å². The number of benzene rings is 1. The topological polar surface area (TPSA) is 19.0 Å². The van der Waals surface area contributed by atoms with Crippen molar-refractivity contribution >= 4 is 5.69 Å². The van der Waals surface area contributed by atoms with Gasteiger partial charge in [0.2, 0.25) is 0 Å². The predicted octanol–water partition coefficient (Wildman–Crippen LogP) is 2.05. The van der Waals surface area contributed by atoms with Crippen molar-refractivity contribution in [2.75, 3.05) is 65.4 Å². The van der Waals surface area contributed by atoms with Crippen LogP contribution in [-0.2, 0) is 0 Å². The first-order chi connectivity index (χ1) is 10.5. The minimum atomic E-state index is -0.551. The Morgan fingerprint density at radius 2 is 1.77 bits per heavy atom. The first-order valence-corrected chi connectivity index (χ1v) is 7.67. The lowest BCUT2D eigenvalue weighted by atomic mass is 10.2. The summed E-state index contributed by atoms with van der Waals surface area (Å²) in [6, 6.07) is 2.56. The molecule has 0 atom stereocenters. The van der Waals surface area contributed by atoms with Gasteiger partial charge in [0.15, 0.2) is 11.6 Å². The van der Waals surface area contributed by atoms with Gasteiger partial charge in [0.05, 0.1) is 0 Å². The van der Waals surface area contributed by atoms with E-state index in [9.17, 15) is 8.78 Å². The summed E-state index contributed by atoms with van der Waals surface area (Å²) >= 11 is 0. The van der Waals surface area contributed by atoms with Crippen molar-refractivity contribution in [1.29, 1.82) is 0 Å². The van der Waals surface area contributed by atoms with Crippen molar-refractivity contribution < 1.29 is 13.5 Å². The summed E-state index contributed by atoms with van der Waals surface area (Å²) in [6.07, 6.45) is 0.899. The minimum Gasteiger partial charge on any atom is -0.492 e. The lowest BCUT2D eigenvalue weighted by Crippen LogP contribution is -2.30. The van der Waals surface area contributed by atoms with E-state index in [1.165, 1.54) is 12.1 Å². The molecule has 124 valence electrons. The molecule has 1 saturated heterocycles. The number of ether oxygens (including phenoxy) is 1. The molecule has 6 heteroatoms. The highest BCUT2D eigenvalue weighted by Gasteiger charge is 2.20. The number of likely N-dealkylation sites (N-methyl/N-ethyl adjacent to an activating group) is 2. The monoisotopic (exact) mass is 313 g/mol. The highest BCUT2D eigenvalue weighted by atomic mass is 19.1. The molecule has 0 radical (unpaired) electrons. The second-order valence-electron chi connectivity index (χ2n) is 6.03. The smallest absolute Gasteiger partial charge is 0.153 e. The van der Waals surface area contributed by atoms with E-state index < -0.39 is 11.6 Å². The van der Waals surface area contributed by atoms with Gasteiger partial charge in [-0.25, -0.2) is 8.78 Å².